The maximum Gasteiger partial charge on any atom is 0.340 e. The van der Waals surface area contributed by atoms with E-state index in [1.54, 1.807) is 0 Å². The van der Waals surface area contributed by atoms with Crippen LogP contribution in [0, 0.1) is 0 Å². The molecule has 2 aromatic rings. The third-order valence-electron chi connectivity index (χ3n) is 2.52. The van der Waals surface area contributed by atoms with Gasteiger partial charge >= 0.3 is 5.97 Å². The molecule has 5 heteroatoms. The Morgan fingerprint density at radius 2 is 1.84 bits per heavy atom. The van der Waals surface area contributed by atoms with Crippen molar-refractivity contribution in [2.75, 3.05) is 0 Å². The Morgan fingerprint density at radius 3 is 2.53 bits per heavy atom. The molecule has 0 atom stereocenters. The normalized spacial score (nSPS) is 9.89. The molecule has 0 bridgehead atoms. The number of pyridine rings is 1. The van der Waals surface area contributed by atoms with E-state index in [0.29, 0.717) is 0 Å². The van der Waals surface area contributed by atoms with Crippen molar-refractivity contribution in [2.24, 2.45) is 5.73 Å². The lowest BCUT2D eigenvalue weighted by Gasteiger charge is -2.07. The van der Waals surface area contributed by atoms with E-state index < -0.39 is 11.9 Å². The smallest absolute Gasteiger partial charge is 0.340 e. The number of esters is 1. The Kier molecular flexibility index (Phi) is 3.87. The van der Waals surface area contributed by atoms with Gasteiger partial charge in [-0.1, -0.05) is 30.3 Å². The summed E-state index contributed by atoms with van der Waals surface area (Å²) in [5.41, 5.74) is 6.23. The average Bonchev–Trinajstić information content (AvgIpc) is 2.46. The molecule has 1 aromatic carbocycles. The Hall–Kier alpha value is -2.69. The van der Waals surface area contributed by atoms with Crippen molar-refractivity contribution in [3.05, 3.63) is 65.5 Å². The molecule has 5 nitrogen and oxygen atoms in total. The van der Waals surface area contributed by atoms with Crippen LogP contribution in [0.15, 0.2) is 48.8 Å². The fourth-order valence-electron chi connectivity index (χ4n) is 1.57. The first-order valence-electron chi connectivity index (χ1n) is 5.63. The molecular formula is C14H12N2O3. The second-order valence-corrected chi connectivity index (χ2v) is 3.85. The highest BCUT2D eigenvalue weighted by Crippen LogP contribution is 2.10. The Balaban J connectivity index is 2.10. The van der Waals surface area contributed by atoms with E-state index in [1.165, 1.54) is 18.5 Å². The summed E-state index contributed by atoms with van der Waals surface area (Å²) in [6, 6.07) is 10.6. The fourth-order valence-corrected chi connectivity index (χ4v) is 1.57. The summed E-state index contributed by atoms with van der Waals surface area (Å²) in [4.78, 5) is 26.9. The zero-order valence-electron chi connectivity index (χ0n) is 10.1. The van der Waals surface area contributed by atoms with Gasteiger partial charge in [0.25, 0.3) is 0 Å². The number of hydrogen-bond acceptors (Lipinski definition) is 4. The van der Waals surface area contributed by atoms with Gasteiger partial charge in [-0.3, -0.25) is 9.78 Å². The number of hydrogen-bond donors (Lipinski definition) is 1. The maximum atomic E-state index is 11.9. The van der Waals surface area contributed by atoms with Crippen LogP contribution in [-0.2, 0) is 11.3 Å². The summed E-state index contributed by atoms with van der Waals surface area (Å²) in [5.74, 6) is -1.31. The average molecular weight is 256 g/mol. The molecule has 1 heterocycles. The molecule has 2 rings (SSSR count). The largest absolute Gasteiger partial charge is 0.457 e. The topological polar surface area (TPSA) is 82.3 Å². The molecule has 0 radical (unpaired) electrons. The fraction of sp³-hybridized carbons (Fsp3) is 0.0714. The molecule has 0 aliphatic rings. The predicted octanol–water partition coefficient (Wildman–Crippen LogP) is 1.54. The van der Waals surface area contributed by atoms with Crippen molar-refractivity contribution < 1.29 is 14.3 Å². The zero-order chi connectivity index (χ0) is 13.7. The zero-order valence-corrected chi connectivity index (χ0v) is 10.1. The van der Waals surface area contributed by atoms with Gasteiger partial charge in [0.15, 0.2) is 0 Å². The first kappa shape index (κ1) is 12.8. The number of ether oxygens (including phenoxy) is 1. The summed E-state index contributed by atoms with van der Waals surface area (Å²) < 4.78 is 5.12. The predicted molar refractivity (Wildman–Crippen MR) is 68.3 cm³/mol. The van der Waals surface area contributed by atoms with Gasteiger partial charge < -0.3 is 10.5 Å². The molecule has 1 amide bonds. The third-order valence-corrected chi connectivity index (χ3v) is 2.52. The van der Waals surface area contributed by atoms with Gasteiger partial charge in [0.1, 0.15) is 6.61 Å². The lowest BCUT2D eigenvalue weighted by molar-refractivity contribution is 0.0469. The van der Waals surface area contributed by atoms with E-state index >= 15 is 0 Å². The standard InChI is InChI=1S/C14H12N2O3/c15-13(17)11-6-7-16-8-12(11)14(18)19-9-10-4-2-1-3-5-10/h1-8H,9H2,(H2,15,17). The highest BCUT2D eigenvalue weighted by Gasteiger charge is 2.16. The number of nitrogens with zero attached hydrogens (tertiary/aromatic N) is 1. The van der Waals surface area contributed by atoms with E-state index in [0.717, 1.165) is 5.56 Å². The first-order valence-corrected chi connectivity index (χ1v) is 5.63. The Bertz CT molecular complexity index is 597. The molecule has 0 aliphatic heterocycles. The molecule has 2 N–H and O–H groups in total. The van der Waals surface area contributed by atoms with Crippen molar-refractivity contribution in [3.8, 4) is 0 Å². The molecule has 0 saturated carbocycles. The van der Waals surface area contributed by atoms with Crippen LogP contribution >= 0.6 is 0 Å². The minimum Gasteiger partial charge on any atom is -0.457 e. The first-order chi connectivity index (χ1) is 9.18. The Labute approximate surface area is 110 Å². The molecule has 1 aromatic heterocycles. The van der Waals surface area contributed by atoms with E-state index in [2.05, 4.69) is 4.98 Å². The van der Waals surface area contributed by atoms with Crippen molar-refractivity contribution in [1.29, 1.82) is 0 Å². The molecule has 96 valence electrons. The summed E-state index contributed by atoms with van der Waals surface area (Å²) >= 11 is 0. The van der Waals surface area contributed by atoms with Crippen LogP contribution in [0.5, 0.6) is 0 Å². The summed E-state index contributed by atoms with van der Waals surface area (Å²) in [7, 11) is 0. The monoisotopic (exact) mass is 256 g/mol. The Morgan fingerprint density at radius 1 is 1.11 bits per heavy atom. The number of aromatic nitrogens is 1. The minimum atomic E-state index is -0.686. The number of primary amides is 1. The van der Waals surface area contributed by atoms with Gasteiger partial charge in [-0.2, -0.15) is 0 Å². The molecule has 0 saturated heterocycles. The number of carbonyl (C=O) groups excluding carboxylic acids is 2. The molecule has 0 unspecified atom stereocenters. The van der Waals surface area contributed by atoms with Crippen LogP contribution in [0.25, 0.3) is 0 Å². The van der Waals surface area contributed by atoms with Crippen molar-refractivity contribution in [3.63, 3.8) is 0 Å². The summed E-state index contributed by atoms with van der Waals surface area (Å²) in [6.45, 7) is 0.132. The molecule has 0 aliphatic carbocycles. The van der Waals surface area contributed by atoms with Gasteiger partial charge in [0.05, 0.1) is 11.1 Å². The quantitative estimate of drug-likeness (QED) is 0.841. The second-order valence-electron chi connectivity index (χ2n) is 3.85. The van der Waals surface area contributed by atoms with Crippen LogP contribution in [0.3, 0.4) is 0 Å². The van der Waals surface area contributed by atoms with Crippen molar-refractivity contribution in [2.45, 2.75) is 6.61 Å². The summed E-state index contributed by atoms with van der Waals surface area (Å²) in [6.07, 6.45) is 2.67. The van der Waals surface area contributed by atoms with Crippen LogP contribution < -0.4 is 5.73 Å². The van der Waals surface area contributed by atoms with Crippen molar-refractivity contribution >= 4 is 11.9 Å². The number of rotatable bonds is 4. The minimum absolute atomic E-state index is 0.0749. The van der Waals surface area contributed by atoms with Gasteiger partial charge in [0, 0.05) is 12.4 Å². The van der Waals surface area contributed by atoms with E-state index in [9.17, 15) is 9.59 Å². The second kappa shape index (κ2) is 5.77. The molecule has 0 fully saturated rings. The number of benzene rings is 1. The lowest BCUT2D eigenvalue weighted by Crippen LogP contribution is -2.17. The highest BCUT2D eigenvalue weighted by molar-refractivity contribution is 6.04. The molecule has 0 spiro atoms. The van der Waals surface area contributed by atoms with Crippen LogP contribution in [-0.4, -0.2) is 16.9 Å². The molecule has 19 heavy (non-hydrogen) atoms. The van der Waals surface area contributed by atoms with E-state index in [4.69, 9.17) is 10.5 Å². The van der Waals surface area contributed by atoms with E-state index in [1.807, 2.05) is 30.3 Å². The number of carbonyl (C=O) groups is 2. The summed E-state index contributed by atoms with van der Waals surface area (Å²) in [5, 5.41) is 0. The number of nitrogens with two attached hydrogens (primary N) is 1. The van der Waals surface area contributed by atoms with Gasteiger partial charge in [-0.15, -0.1) is 0 Å². The highest BCUT2D eigenvalue weighted by atomic mass is 16.5. The van der Waals surface area contributed by atoms with Crippen LogP contribution in [0.1, 0.15) is 26.3 Å². The third kappa shape index (κ3) is 3.16. The SMILES string of the molecule is NC(=O)c1ccncc1C(=O)OCc1ccccc1. The lowest BCUT2D eigenvalue weighted by atomic mass is 10.1. The van der Waals surface area contributed by atoms with Gasteiger partial charge in [-0.25, -0.2) is 4.79 Å². The number of amides is 1. The van der Waals surface area contributed by atoms with Gasteiger partial charge in [0.2, 0.25) is 5.91 Å². The van der Waals surface area contributed by atoms with Crippen LogP contribution in [0.2, 0.25) is 0 Å². The van der Waals surface area contributed by atoms with Crippen LogP contribution in [0.4, 0.5) is 0 Å². The molecular weight excluding hydrogens is 244 g/mol. The van der Waals surface area contributed by atoms with E-state index in [-0.39, 0.29) is 17.7 Å². The van der Waals surface area contributed by atoms with Crippen molar-refractivity contribution in [1.82, 2.24) is 4.98 Å². The van der Waals surface area contributed by atoms with Gasteiger partial charge in [-0.05, 0) is 11.6 Å². The maximum absolute atomic E-state index is 11.9.